The third-order valence-electron chi connectivity index (χ3n) is 2.96. The van der Waals surface area contributed by atoms with Gasteiger partial charge in [-0.3, -0.25) is 4.79 Å². The maximum absolute atomic E-state index is 12.8. The highest BCUT2D eigenvalue weighted by atomic mass is 19.4. The van der Waals surface area contributed by atoms with Gasteiger partial charge in [0, 0.05) is 0 Å². The van der Waals surface area contributed by atoms with Crippen LogP contribution in [0.1, 0.15) is 21.5 Å². The van der Waals surface area contributed by atoms with E-state index in [1.54, 1.807) is 19.1 Å². The Hall–Kier alpha value is -2.50. The number of amides is 1. The summed E-state index contributed by atoms with van der Waals surface area (Å²) in [4.78, 5) is 12.0. The number of nitrogens with one attached hydrogen (secondary N) is 1. The number of phenols is 1. The van der Waals surface area contributed by atoms with Gasteiger partial charge in [0.15, 0.2) is 0 Å². The zero-order chi connectivity index (χ0) is 15.6. The molecule has 1 amide bonds. The molecule has 0 saturated heterocycles. The fourth-order valence-corrected chi connectivity index (χ4v) is 1.87. The van der Waals surface area contributed by atoms with Crippen molar-refractivity contribution in [2.45, 2.75) is 13.1 Å². The molecule has 0 bridgehead atoms. The Balaban J connectivity index is 2.35. The number of rotatable bonds is 2. The predicted octanol–water partition coefficient (Wildman–Crippen LogP) is 3.97. The van der Waals surface area contributed by atoms with E-state index in [0.29, 0.717) is 5.56 Å². The summed E-state index contributed by atoms with van der Waals surface area (Å²) >= 11 is 0. The lowest BCUT2D eigenvalue weighted by Crippen LogP contribution is -2.16. The third-order valence-corrected chi connectivity index (χ3v) is 2.96. The molecule has 3 nitrogen and oxygen atoms in total. The van der Waals surface area contributed by atoms with Gasteiger partial charge in [0.05, 0.1) is 16.8 Å². The third kappa shape index (κ3) is 3.16. The van der Waals surface area contributed by atoms with Gasteiger partial charge in [-0.05, 0) is 30.7 Å². The van der Waals surface area contributed by atoms with Gasteiger partial charge in [-0.2, -0.15) is 13.2 Å². The number of phenolic OH excluding ortho intramolecular Hbond substituents is 1. The van der Waals surface area contributed by atoms with Gasteiger partial charge in [-0.25, -0.2) is 0 Å². The van der Waals surface area contributed by atoms with Crippen molar-refractivity contribution in [1.82, 2.24) is 0 Å². The molecule has 0 aliphatic heterocycles. The van der Waals surface area contributed by atoms with Gasteiger partial charge in [0.1, 0.15) is 5.75 Å². The number of aromatic hydroxyl groups is 1. The van der Waals surface area contributed by atoms with Crippen molar-refractivity contribution in [2.75, 3.05) is 5.32 Å². The van der Waals surface area contributed by atoms with Gasteiger partial charge in [-0.1, -0.05) is 24.3 Å². The summed E-state index contributed by atoms with van der Waals surface area (Å²) in [6, 6.07) is 9.14. The number of alkyl halides is 3. The molecule has 0 aliphatic rings. The van der Waals surface area contributed by atoms with E-state index in [9.17, 15) is 23.1 Å². The van der Waals surface area contributed by atoms with Crippen LogP contribution in [0, 0.1) is 6.92 Å². The molecule has 6 heteroatoms. The zero-order valence-corrected chi connectivity index (χ0v) is 11.0. The molecule has 2 N–H and O–H groups in total. The van der Waals surface area contributed by atoms with E-state index >= 15 is 0 Å². The van der Waals surface area contributed by atoms with Gasteiger partial charge in [0.2, 0.25) is 0 Å². The molecule has 0 atom stereocenters. The first-order chi connectivity index (χ1) is 9.80. The molecule has 0 heterocycles. The molecule has 2 aromatic carbocycles. The zero-order valence-electron chi connectivity index (χ0n) is 11.0. The van der Waals surface area contributed by atoms with E-state index in [0.717, 1.165) is 12.1 Å². The summed E-state index contributed by atoms with van der Waals surface area (Å²) in [5.74, 6) is -1.05. The monoisotopic (exact) mass is 295 g/mol. The van der Waals surface area contributed by atoms with E-state index < -0.39 is 17.6 Å². The van der Waals surface area contributed by atoms with E-state index in [2.05, 4.69) is 5.32 Å². The minimum absolute atomic E-state index is 0.0769. The Bertz CT molecular complexity index is 681. The average Bonchev–Trinajstić information content (AvgIpc) is 2.41. The van der Waals surface area contributed by atoms with E-state index in [1.165, 1.54) is 18.2 Å². The Kier molecular flexibility index (Phi) is 3.88. The topological polar surface area (TPSA) is 49.3 Å². The molecule has 21 heavy (non-hydrogen) atoms. The van der Waals surface area contributed by atoms with Crippen molar-refractivity contribution >= 4 is 11.6 Å². The summed E-state index contributed by atoms with van der Waals surface area (Å²) < 4.78 is 38.5. The van der Waals surface area contributed by atoms with Crippen LogP contribution in [0.4, 0.5) is 18.9 Å². The second-order valence-corrected chi connectivity index (χ2v) is 4.47. The molecule has 0 aliphatic carbocycles. The van der Waals surface area contributed by atoms with Gasteiger partial charge in [-0.15, -0.1) is 0 Å². The molecule has 0 spiro atoms. The van der Waals surface area contributed by atoms with Crippen LogP contribution in [-0.2, 0) is 6.18 Å². The van der Waals surface area contributed by atoms with Crippen molar-refractivity contribution in [3.05, 3.63) is 59.2 Å². The Labute approximate surface area is 119 Å². The Morgan fingerprint density at radius 1 is 1.10 bits per heavy atom. The number of halogens is 3. The molecule has 2 aromatic rings. The van der Waals surface area contributed by atoms with Crippen LogP contribution in [-0.4, -0.2) is 11.0 Å². The first-order valence-electron chi connectivity index (χ1n) is 6.07. The van der Waals surface area contributed by atoms with E-state index in [1.807, 2.05) is 0 Å². The van der Waals surface area contributed by atoms with Crippen LogP contribution in [0.25, 0.3) is 0 Å². The lowest BCUT2D eigenvalue weighted by Gasteiger charge is -2.14. The van der Waals surface area contributed by atoms with Crippen LogP contribution in [0.2, 0.25) is 0 Å². The van der Waals surface area contributed by atoms with Crippen molar-refractivity contribution in [1.29, 1.82) is 0 Å². The van der Waals surface area contributed by atoms with Gasteiger partial charge >= 0.3 is 6.18 Å². The number of aryl methyl sites for hydroxylation is 1. The van der Waals surface area contributed by atoms with Crippen molar-refractivity contribution in [3.63, 3.8) is 0 Å². The lowest BCUT2D eigenvalue weighted by molar-refractivity contribution is -0.136. The van der Waals surface area contributed by atoms with E-state index in [-0.39, 0.29) is 17.0 Å². The predicted molar refractivity (Wildman–Crippen MR) is 72.2 cm³/mol. The summed E-state index contributed by atoms with van der Waals surface area (Å²) in [7, 11) is 0. The number of para-hydroxylation sites is 2. The van der Waals surface area contributed by atoms with Crippen LogP contribution in [0.15, 0.2) is 42.5 Å². The Morgan fingerprint density at radius 2 is 1.76 bits per heavy atom. The quantitative estimate of drug-likeness (QED) is 0.880. The highest BCUT2D eigenvalue weighted by Crippen LogP contribution is 2.35. The molecule has 2 rings (SSSR count). The second-order valence-electron chi connectivity index (χ2n) is 4.47. The summed E-state index contributed by atoms with van der Waals surface area (Å²) in [6.07, 6.45) is -4.57. The average molecular weight is 295 g/mol. The molecule has 110 valence electrons. The molecular weight excluding hydrogens is 283 g/mol. The van der Waals surface area contributed by atoms with Gasteiger partial charge < -0.3 is 10.4 Å². The van der Waals surface area contributed by atoms with Crippen molar-refractivity contribution in [2.24, 2.45) is 0 Å². The first-order valence-corrected chi connectivity index (χ1v) is 6.07. The smallest absolute Gasteiger partial charge is 0.418 e. The van der Waals surface area contributed by atoms with Gasteiger partial charge in [0.25, 0.3) is 5.91 Å². The fourth-order valence-electron chi connectivity index (χ4n) is 1.87. The molecule has 0 aromatic heterocycles. The normalized spacial score (nSPS) is 11.2. The van der Waals surface area contributed by atoms with Crippen LogP contribution in [0.3, 0.4) is 0 Å². The highest BCUT2D eigenvalue weighted by molar-refractivity contribution is 6.06. The largest absolute Gasteiger partial charge is 0.507 e. The summed E-state index contributed by atoms with van der Waals surface area (Å²) in [6.45, 7) is 1.59. The standard InChI is InChI=1S/C15H12F3NO2/c1-9-5-4-6-10(13(9)20)14(21)19-12-8-3-2-7-11(12)15(16,17)18/h2-8,20H,1H3,(H,19,21). The first kappa shape index (κ1) is 14.9. The van der Waals surface area contributed by atoms with Crippen LogP contribution in [0.5, 0.6) is 5.75 Å². The van der Waals surface area contributed by atoms with Crippen LogP contribution >= 0.6 is 0 Å². The number of carbonyl (C=O) groups excluding carboxylic acids is 1. The summed E-state index contributed by atoms with van der Waals surface area (Å²) in [5, 5.41) is 12.0. The molecular formula is C15H12F3NO2. The number of anilines is 1. The second kappa shape index (κ2) is 5.47. The fraction of sp³-hybridized carbons (Fsp3) is 0.133. The number of benzene rings is 2. The van der Waals surface area contributed by atoms with Crippen molar-refractivity contribution in [3.8, 4) is 5.75 Å². The maximum Gasteiger partial charge on any atom is 0.418 e. The molecule has 0 unspecified atom stereocenters. The minimum atomic E-state index is -4.57. The maximum atomic E-state index is 12.8. The van der Waals surface area contributed by atoms with E-state index in [4.69, 9.17) is 0 Å². The highest BCUT2D eigenvalue weighted by Gasteiger charge is 2.33. The SMILES string of the molecule is Cc1cccc(C(=O)Nc2ccccc2C(F)(F)F)c1O. The molecule has 0 saturated carbocycles. The molecule has 0 radical (unpaired) electrons. The minimum Gasteiger partial charge on any atom is -0.507 e. The lowest BCUT2D eigenvalue weighted by atomic mass is 10.1. The molecule has 0 fully saturated rings. The Morgan fingerprint density at radius 3 is 2.43 bits per heavy atom. The summed E-state index contributed by atoms with van der Waals surface area (Å²) in [5.41, 5.74) is -0.903. The number of carbonyl (C=O) groups is 1. The number of hydrogen-bond donors (Lipinski definition) is 2. The van der Waals surface area contributed by atoms with Crippen LogP contribution < -0.4 is 5.32 Å². The number of hydrogen-bond acceptors (Lipinski definition) is 2. The van der Waals surface area contributed by atoms with Crippen molar-refractivity contribution < 1.29 is 23.1 Å².